The van der Waals surface area contributed by atoms with E-state index in [4.69, 9.17) is 9.05 Å². The minimum atomic E-state index is -4.60. The van der Waals surface area contributed by atoms with E-state index in [2.05, 4.69) is 79.9 Å². The average molecular weight is 1030 g/mol. The molecule has 420 valence electrons. The fourth-order valence-corrected chi connectivity index (χ4v) is 9.43. The molecular formula is C63H117N2O6P. The third-order valence-corrected chi connectivity index (χ3v) is 14.4. The zero-order valence-corrected chi connectivity index (χ0v) is 48.8. The molecular weight excluding hydrogens is 912 g/mol. The summed E-state index contributed by atoms with van der Waals surface area (Å²) >= 11 is 0. The van der Waals surface area contributed by atoms with Gasteiger partial charge in [-0.05, 0) is 64.2 Å². The maximum atomic E-state index is 13.0. The van der Waals surface area contributed by atoms with Gasteiger partial charge >= 0.3 is 0 Å². The molecule has 0 rings (SSSR count). The number of unbranched alkanes of at least 4 members (excludes halogenated alkanes) is 32. The summed E-state index contributed by atoms with van der Waals surface area (Å²) < 4.78 is 23.3. The first-order valence-corrected chi connectivity index (χ1v) is 31.8. The summed E-state index contributed by atoms with van der Waals surface area (Å²) in [6.45, 7) is 4.55. The smallest absolute Gasteiger partial charge is 0.268 e. The molecule has 0 aliphatic carbocycles. The van der Waals surface area contributed by atoms with Crippen molar-refractivity contribution in [2.24, 2.45) is 0 Å². The number of quaternary nitrogens is 1. The van der Waals surface area contributed by atoms with Crippen molar-refractivity contribution in [1.29, 1.82) is 0 Å². The molecule has 3 atom stereocenters. The van der Waals surface area contributed by atoms with Crippen molar-refractivity contribution < 1.29 is 32.9 Å². The average Bonchev–Trinajstić information content (AvgIpc) is 3.34. The van der Waals surface area contributed by atoms with Gasteiger partial charge in [0.25, 0.3) is 7.82 Å². The molecule has 0 saturated heterocycles. The predicted molar refractivity (Wildman–Crippen MR) is 311 cm³/mol. The number of carbonyl (C=O) groups is 1. The van der Waals surface area contributed by atoms with Crippen molar-refractivity contribution in [3.63, 3.8) is 0 Å². The van der Waals surface area contributed by atoms with Gasteiger partial charge in [-0.15, -0.1) is 0 Å². The van der Waals surface area contributed by atoms with Crippen molar-refractivity contribution in [2.75, 3.05) is 40.9 Å². The second-order valence-corrected chi connectivity index (χ2v) is 23.1. The van der Waals surface area contributed by atoms with Crippen LogP contribution in [0.4, 0.5) is 0 Å². The second kappa shape index (κ2) is 53.8. The first kappa shape index (κ1) is 69.9. The highest BCUT2D eigenvalue weighted by atomic mass is 31.2. The molecule has 8 nitrogen and oxygen atoms in total. The first-order chi connectivity index (χ1) is 35.0. The van der Waals surface area contributed by atoms with E-state index in [0.717, 1.165) is 70.6 Å². The predicted octanol–water partition coefficient (Wildman–Crippen LogP) is 18.0. The highest BCUT2D eigenvalue weighted by Crippen LogP contribution is 2.38. The lowest BCUT2D eigenvalue weighted by atomic mass is 10.0. The number of aliphatic hydroxyl groups is 1. The van der Waals surface area contributed by atoms with Crippen molar-refractivity contribution in [1.82, 2.24) is 5.32 Å². The standard InChI is InChI=1S/C63H117N2O6P/c1-6-8-10-12-14-16-18-20-22-23-24-25-26-27-28-29-30-31-32-33-34-35-36-37-38-39-40-41-43-45-47-49-51-53-55-57-63(67)64-61(60-71-72(68,69)70-59-58-65(3,4)5)62(66)56-54-52-50-48-46-44-42-21-19-17-15-13-11-9-7-2/h8,10,14,16,20,22,24-25,27-28,54,56,61-62,66H,6-7,9,11-13,15,17-19,21,23,26,29-53,55,57-60H2,1-5H3,(H-,64,67,68,69)/b10-8-,16-14-,22-20-,25-24-,28-27-,56-54+. The maximum absolute atomic E-state index is 13.0. The molecule has 3 unspecified atom stereocenters. The molecule has 0 spiro atoms. The number of nitrogens with one attached hydrogen (secondary N) is 1. The normalized spacial score (nSPS) is 14.4. The molecule has 9 heteroatoms. The quantitative estimate of drug-likeness (QED) is 0.0272. The molecule has 0 fully saturated rings. The van der Waals surface area contributed by atoms with Gasteiger partial charge in [-0.2, -0.15) is 0 Å². The minimum absolute atomic E-state index is 0.00130. The monoisotopic (exact) mass is 1030 g/mol. The van der Waals surface area contributed by atoms with Crippen LogP contribution in [-0.4, -0.2) is 68.5 Å². The van der Waals surface area contributed by atoms with Crippen LogP contribution in [0.5, 0.6) is 0 Å². The van der Waals surface area contributed by atoms with Gasteiger partial charge in [0, 0.05) is 6.42 Å². The van der Waals surface area contributed by atoms with Crippen LogP contribution in [0.2, 0.25) is 0 Å². The van der Waals surface area contributed by atoms with Crippen LogP contribution < -0.4 is 10.2 Å². The largest absolute Gasteiger partial charge is 0.756 e. The van der Waals surface area contributed by atoms with Crippen LogP contribution in [0.15, 0.2) is 72.9 Å². The number of hydrogen-bond donors (Lipinski definition) is 2. The second-order valence-electron chi connectivity index (χ2n) is 21.7. The highest BCUT2D eigenvalue weighted by Gasteiger charge is 2.23. The number of phosphoric ester groups is 1. The van der Waals surface area contributed by atoms with Crippen molar-refractivity contribution in [2.45, 2.75) is 283 Å². The minimum Gasteiger partial charge on any atom is -0.756 e. The molecule has 0 aromatic rings. The molecule has 0 radical (unpaired) electrons. The van der Waals surface area contributed by atoms with E-state index >= 15 is 0 Å². The molecule has 2 N–H and O–H groups in total. The highest BCUT2D eigenvalue weighted by molar-refractivity contribution is 7.45. The fourth-order valence-electron chi connectivity index (χ4n) is 8.71. The van der Waals surface area contributed by atoms with E-state index in [9.17, 15) is 19.4 Å². The van der Waals surface area contributed by atoms with Gasteiger partial charge in [0.15, 0.2) is 0 Å². The summed E-state index contributed by atoms with van der Waals surface area (Å²) in [7, 11) is 1.27. The Kier molecular flexibility index (Phi) is 52.2. The Labute approximate surface area is 446 Å². The summed E-state index contributed by atoms with van der Waals surface area (Å²) in [5.41, 5.74) is 0. The Hall–Kier alpha value is -2.06. The van der Waals surface area contributed by atoms with Crippen LogP contribution in [0.1, 0.15) is 271 Å². The van der Waals surface area contributed by atoms with Crippen LogP contribution in [0.25, 0.3) is 0 Å². The molecule has 72 heavy (non-hydrogen) atoms. The number of allylic oxidation sites excluding steroid dienone is 11. The summed E-state index contributed by atoms with van der Waals surface area (Å²) in [6.07, 6.45) is 74.2. The number of rotatable bonds is 55. The van der Waals surface area contributed by atoms with Crippen LogP contribution in [-0.2, 0) is 18.4 Å². The van der Waals surface area contributed by atoms with Gasteiger partial charge in [0.05, 0.1) is 39.9 Å². The van der Waals surface area contributed by atoms with Crippen molar-refractivity contribution >= 4 is 13.7 Å². The Morgan fingerprint density at radius 3 is 1.24 bits per heavy atom. The summed E-state index contributed by atoms with van der Waals surface area (Å²) in [6, 6.07) is -0.887. The number of hydrogen-bond acceptors (Lipinski definition) is 6. The SMILES string of the molecule is CC/C=C\C/C=C\C/C=C\C/C=C\C/C=C\CCCCCCCCCCCCCCCCCCCCCC(=O)NC(COP(=O)([O-])OCC[N+](C)(C)C)C(O)/C=C/CCCCCCCCCCCCCCC. The third-order valence-electron chi connectivity index (χ3n) is 13.4. The van der Waals surface area contributed by atoms with Crippen molar-refractivity contribution in [3.8, 4) is 0 Å². The number of phosphoric acid groups is 1. The van der Waals surface area contributed by atoms with Gasteiger partial charge in [-0.1, -0.05) is 273 Å². The summed E-state index contributed by atoms with van der Waals surface area (Å²) in [5, 5.41) is 13.9. The summed E-state index contributed by atoms with van der Waals surface area (Å²) in [5.74, 6) is -0.196. The zero-order valence-electron chi connectivity index (χ0n) is 47.9. The number of nitrogens with zero attached hydrogens (tertiary/aromatic N) is 1. The lowest BCUT2D eigenvalue weighted by Gasteiger charge is -2.29. The lowest BCUT2D eigenvalue weighted by molar-refractivity contribution is -0.870. The molecule has 0 aromatic carbocycles. The number of aliphatic hydroxyl groups excluding tert-OH is 1. The zero-order chi connectivity index (χ0) is 52.7. The van der Waals surface area contributed by atoms with Crippen LogP contribution in [0, 0.1) is 0 Å². The van der Waals surface area contributed by atoms with Gasteiger partial charge in [0.1, 0.15) is 13.2 Å². The van der Waals surface area contributed by atoms with Gasteiger partial charge in [-0.25, -0.2) is 0 Å². The molecule has 0 saturated carbocycles. The maximum Gasteiger partial charge on any atom is 0.268 e. The number of likely N-dealkylation sites (N-methyl/N-ethyl adjacent to an activating group) is 1. The van der Waals surface area contributed by atoms with Gasteiger partial charge < -0.3 is 28.8 Å². The molecule has 0 aliphatic heterocycles. The first-order valence-electron chi connectivity index (χ1n) is 30.3. The van der Waals surface area contributed by atoms with E-state index < -0.39 is 20.0 Å². The molecule has 1 amide bonds. The van der Waals surface area contributed by atoms with Crippen LogP contribution in [0.3, 0.4) is 0 Å². The summed E-state index contributed by atoms with van der Waals surface area (Å²) in [4.78, 5) is 25.5. The topological polar surface area (TPSA) is 108 Å². The van der Waals surface area contributed by atoms with Gasteiger partial charge in [0.2, 0.25) is 5.91 Å². The fraction of sp³-hybridized carbons (Fsp3) is 0.794. The molecule has 0 bridgehead atoms. The Balaban J connectivity index is 4.02. The van der Waals surface area contributed by atoms with E-state index in [1.165, 1.54) is 180 Å². The molecule has 0 aromatic heterocycles. The van der Waals surface area contributed by atoms with E-state index in [0.29, 0.717) is 17.4 Å². The number of carbonyl (C=O) groups excluding carboxylic acids is 1. The van der Waals surface area contributed by atoms with Gasteiger partial charge in [-0.3, -0.25) is 9.36 Å². The molecule has 0 aliphatic rings. The van der Waals surface area contributed by atoms with Crippen LogP contribution >= 0.6 is 7.82 Å². The third kappa shape index (κ3) is 55.7. The Morgan fingerprint density at radius 1 is 0.500 bits per heavy atom. The van der Waals surface area contributed by atoms with E-state index in [1.807, 2.05) is 27.2 Å². The van der Waals surface area contributed by atoms with E-state index in [-0.39, 0.29) is 19.1 Å². The van der Waals surface area contributed by atoms with Crippen molar-refractivity contribution in [3.05, 3.63) is 72.9 Å². The Bertz CT molecular complexity index is 1400. The lowest BCUT2D eigenvalue weighted by Crippen LogP contribution is -2.45. The molecule has 0 heterocycles. The number of amides is 1. The van der Waals surface area contributed by atoms with E-state index in [1.54, 1.807) is 6.08 Å². The Morgan fingerprint density at radius 2 is 0.847 bits per heavy atom.